The second-order valence-corrected chi connectivity index (χ2v) is 11.5. The molecule has 36 heavy (non-hydrogen) atoms. The second kappa shape index (κ2) is 6.96. The fraction of sp³-hybridized carbons (Fsp3) is 0.429. The van der Waals surface area contributed by atoms with Crippen LogP contribution in [-0.2, 0) is 15.0 Å². The molecule has 4 N–H and O–H groups in total. The highest BCUT2D eigenvalue weighted by Crippen LogP contribution is 2.56. The summed E-state index contributed by atoms with van der Waals surface area (Å²) in [5.74, 6) is -2.80. The van der Waals surface area contributed by atoms with Crippen LogP contribution in [0.15, 0.2) is 46.1 Å². The molecule has 0 amide bonds. The van der Waals surface area contributed by atoms with E-state index in [0.29, 0.717) is 22.5 Å². The number of fused-ring (bicyclic) bond motifs is 2. The van der Waals surface area contributed by atoms with E-state index >= 15 is 0 Å². The Bertz CT molecular complexity index is 1420. The first-order valence-corrected chi connectivity index (χ1v) is 12.0. The molecule has 1 fully saturated rings. The van der Waals surface area contributed by atoms with Crippen molar-refractivity contribution in [3.63, 3.8) is 0 Å². The van der Waals surface area contributed by atoms with Crippen LogP contribution in [0, 0.1) is 5.41 Å². The second-order valence-electron chi connectivity index (χ2n) is 11.5. The summed E-state index contributed by atoms with van der Waals surface area (Å²) in [6, 6.07) is 1.47. The Hall–Kier alpha value is -3.68. The number of Topliss-reactive ketones (excluding diaryl/α,β-unsaturated/α-hetero) is 1. The highest BCUT2D eigenvalue weighted by molar-refractivity contribution is 6.42. The van der Waals surface area contributed by atoms with Crippen LogP contribution in [-0.4, -0.2) is 63.1 Å². The summed E-state index contributed by atoms with van der Waals surface area (Å²) in [5, 5.41) is 44.3. The molecule has 0 saturated carbocycles. The van der Waals surface area contributed by atoms with E-state index in [4.69, 9.17) is 0 Å². The van der Waals surface area contributed by atoms with Gasteiger partial charge in [0, 0.05) is 71.7 Å². The molecule has 5 rings (SSSR count). The molecule has 8 heteroatoms. The number of likely N-dealkylation sites (N-methyl/N-ethyl adjacent to an activating group) is 2. The van der Waals surface area contributed by atoms with E-state index in [1.807, 2.05) is 65.4 Å². The topological polar surface area (TPSA) is 122 Å². The van der Waals surface area contributed by atoms with Gasteiger partial charge >= 0.3 is 0 Å². The van der Waals surface area contributed by atoms with Gasteiger partial charge in [0.1, 0.15) is 23.0 Å². The SMILES string of the molecule is CC1N(C)C2=CC(=O)/C(=C3/C(=O)C(c4c(O)cc5c(c4O)C(C)(C)C(C)N5C)=C3O)C(O)=C2C1(C)C. The van der Waals surface area contributed by atoms with Crippen molar-refractivity contribution in [1.29, 1.82) is 0 Å². The fourth-order valence-corrected chi connectivity index (χ4v) is 6.26. The summed E-state index contributed by atoms with van der Waals surface area (Å²) in [5.41, 5.74) is 0.304. The highest BCUT2D eigenvalue weighted by Gasteiger charge is 2.51. The summed E-state index contributed by atoms with van der Waals surface area (Å²) in [4.78, 5) is 30.3. The lowest BCUT2D eigenvalue weighted by molar-refractivity contribution is -0.114. The van der Waals surface area contributed by atoms with Gasteiger partial charge in [0.25, 0.3) is 0 Å². The minimum Gasteiger partial charge on any atom is -0.507 e. The molecule has 2 heterocycles. The highest BCUT2D eigenvalue weighted by atomic mass is 16.3. The van der Waals surface area contributed by atoms with E-state index in [9.17, 15) is 30.0 Å². The van der Waals surface area contributed by atoms with Crippen LogP contribution in [0.3, 0.4) is 0 Å². The zero-order chi connectivity index (χ0) is 26.8. The van der Waals surface area contributed by atoms with Gasteiger partial charge < -0.3 is 30.2 Å². The van der Waals surface area contributed by atoms with Crippen molar-refractivity contribution in [2.45, 2.75) is 59.0 Å². The Morgan fingerprint density at radius 1 is 0.806 bits per heavy atom. The predicted molar refractivity (Wildman–Crippen MR) is 136 cm³/mol. The molecule has 0 bridgehead atoms. The van der Waals surface area contributed by atoms with E-state index in [1.165, 1.54) is 12.1 Å². The average molecular weight is 493 g/mol. The number of aromatic hydroxyl groups is 2. The van der Waals surface area contributed by atoms with Crippen LogP contribution in [0.5, 0.6) is 11.5 Å². The lowest BCUT2D eigenvalue weighted by Crippen LogP contribution is -2.36. The van der Waals surface area contributed by atoms with Gasteiger partial charge in [-0.15, -0.1) is 0 Å². The van der Waals surface area contributed by atoms with Gasteiger partial charge in [0.05, 0.1) is 22.3 Å². The maximum atomic E-state index is 13.4. The molecule has 0 radical (unpaired) electrons. The van der Waals surface area contributed by atoms with Crippen molar-refractivity contribution < 1.29 is 30.0 Å². The number of anilines is 1. The number of likely N-dealkylation sites (tertiary alicyclic amines) is 1. The number of hydrogen-bond donors (Lipinski definition) is 4. The molecular formula is C28H32N2O6. The van der Waals surface area contributed by atoms with Crippen molar-refractivity contribution in [2.24, 2.45) is 5.41 Å². The van der Waals surface area contributed by atoms with Gasteiger partial charge in [-0.3, -0.25) is 9.59 Å². The predicted octanol–water partition coefficient (Wildman–Crippen LogP) is 4.00. The standard InChI is InChI=1S/C28H32N2O6/c1-11-27(3,4)21-13(29(11)7)9-15(31)17(25(21)35)19-23(33)20(24(19)34)18-16(32)10-14-22(26(18)36)28(5,6)12(2)30(14)8/h9-12,31,33,35-36H,1-8H3/b20-18-. The van der Waals surface area contributed by atoms with Gasteiger partial charge in [-0.2, -0.15) is 0 Å². The molecule has 1 aromatic carbocycles. The number of allylic oxidation sites excluding steroid dienone is 5. The number of nitrogens with zero attached hydrogens (tertiary/aromatic N) is 2. The first kappa shape index (κ1) is 24.0. The van der Waals surface area contributed by atoms with Crippen molar-refractivity contribution in [1.82, 2.24) is 4.90 Å². The number of hydrogen-bond acceptors (Lipinski definition) is 8. The van der Waals surface area contributed by atoms with E-state index in [1.54, 1.807) is 0 Å². The quantitative estimate of drug-likeness (QED) is 0.434. The minimum atomic E-state index is -0.722. The van der Waals surface area contributed by atoms with Crippen LogP contribution >= 0.6 is 0 Å². The molecule has 0 aromatic heterocycles. The lowest BCUT2D eigenvalue weighted by atomic mass is 9.73. The van der Waals surface area contributed by atoms with Gasteiger partial charge in [-0.05, 0) is 13.8 Å². The Labute approximate surface area is 210 Å². The summed E-state index contributed by atoms with van der Waals surface area (Å²) >= 11 is 0. The molecule has 2 unspecified atom stereocenters. The normalized spacial score (nSPS) is 28.5. The summed E-state index contributed by atoms with van der Waals surface area (Å²) in [6.07, 6.45) is 1.38. The molecule has 190 valence electrons. The third-order valence-corrected chi connectivity index (χ3v) is 9.23. The van der Waals surface area contributed by atoms with Crippen LogP contribution in [0.1, 0.15) is 52.7 Å². The first-order chi connectivity index (χ1) is 16.6. The molecule has 1 aromatic rings. The first-order valence-electron chi connectivity index (χ1n) is 12.0. The van der Waals surface area contributed by atoms with Gasteiger partial charge in [-0.1, -0.05) is 27.7 Å². The van der Waals surface area contributed by atoms with Gasteiger partial charge in [0.15, 0.2) is 5.78 Å². The third-order valence-electron chi connectivity index (χ3n) is 9.23. The fourth-order valence-electron chi connectivity index (χ4n) is 6.26. The van der Waals surface area contributed by atoms with E-state index in [2.05, 4.69) is 0 Å². The zero-order valence-electron chi connectivity index (χ0n) is 21.8. The van der Waals surface area contributed by atoms with Crippen molar-refractivity contribution >= 4 is 22.8 Å². The maximum Gasteiger partial charge on any atom is 0.202 e. The maximum absolute atomic E-state index is 13.4. The Balaban J connectivity index is 1.72. The Morgan fingerprint density at radius 2 is 1.39 bits per heavy atom. The van der Waals surface area contributed by atoms with Crippen LogP contribution in [0.25, 0.3) is 5.57 Å². The van der Waals surface area contributed by atoms with E-state index < -0.39 is 28.2 Å². The summed E-state index contributed by atoms with van der Waals surface area (Å²) in [6.45, 7) is 11.8. The van der Waals surface area contributed by atoms with E-state index in [0.717, 1.165) is 0 Å². The van der Waals surface area contributed by atoms with E-state index in [-0.39, 0.29) is 51.6 Å². The minimum absolute atomic E-state index is 0.00472. The number of aliphatic hydroxyl groups excluding tert-OH is 2. The molecule has 0 spiro atoms. The number of phenols is 2. The number of aliphatic hydroxyl groups is 2. The van der Waals surface area contributed by atoms with Crippen LogP contribution < -0.4 is 4.90 Å². The van der Waals surface area contributed by atoms with Gasteiger partial charge in [-0.25, -0.2) is 0 Å². The molecule has 2 aliphatic carbocycles. The van der Waals surface area contributed by atoms with Crippen LogP contribution in [0.4, 0.5) is 5.69 Å². The monoisotopic (exact) mass is 492 g/mol. The molecule has 4 aliphatic rings. The number of phenolic OH excluding ortho intramolecular Hbond substituents is 2. The molecule has 2 aliphatic heterocycles. The van der Waals surface area contributed by atoms with Crippen molar-refractivity contribution in [3.8, 4) is 11.5 Å². The third kappa shape index (κ3) is 2.59. The smallest absolute Gasteiger partial charge is 0.202 e. The molecular weight excluding hydrogens is 460 g/mol. The number of benzene rings is 1. The van der Waals surface area contributed by atoms with Crippen molar-refractivity contribution in [2.75, 3.05) is 19.0 Å². The average Bonchev–Trinajstić information content (AvgIpc) is 3.07. The molecule has 2 atom stereocenters. The molecule has 1 saturated heterocycles. The van der Waals surface area contributed by atoms with Crippen LogP contribution in [0.2, 0.25) is 0 Å². The number of carbonyl (C=O) groups is 2. The molecule has 8 nitrogen and oxygen atoms in total. The summed E-state index contributed by atoms with van der Waals surface area (Å²) < 4.78 is 0. The Morgan fingerprint density at radius 3 is 1.97 bits per heavy atom. The van der Waals surface area contributed by atoms with Crippen molar-refractivity contribution in [3.05, 3.63) is 57.2 Å². The summed E-state index contributed by atoms with van der Waals surface area (Å²) in [7, 11) is 3.70. The van der Waals surface area contributed by atoms with Gasteiger partial charge in [0.2, 0.25) is 5.78 Å². The largest absolute Gasteiger partial charge is 0.507 e. The lowest BCUT2D eigenvalue weighted by Gasteiger charge is -2.30. The zero-order valence-corrected chi connectivity index (χ0v) is 21.8. The number of carbonyl (C=O) groups excluding carboxylic acids is 2. The number of rotatable bonds is 1. The Kier molecular flexibility index (Phi) is 4.65. The number of ketones is 2.